The van der Waals surface area contributed by atoms with E-state index >= 15 is 0 Å². The highest BCUT2D eigenvalue weighted by Gasteiger charge is 2.10. The average Bonchev–Trinajstić information content (AvgIpc) is 2.71. The lowest BCUT2D eigenvalue weighted by atomic mass is 10.2. The Kier molecular flexibility index (Phi) is 3.89. The average molecular weight is 267 g/mol. The number of aliphatic hydroxyl groups is 1. The van der Waals surface area contributed by atoms with Gasteiger partial charge in [-0.2, -0.15) is 0 Å². The standard InChI is InChI=1S/C13H15ClN2O2/c1-8-11(5-6-17)16-13(15-8)9-3-4-12(18-2)10(14)7-9/h3-4,7,17H,5-6H2,1-2H3,(H,15,16). The van der Waals surface area contributed by atoms with Crippen LogP contribution in [0.5, 0.6) is 5.75 Å². The molecule has 0 saturated heterocycles. The number of nitrogens with zero attached hydrogens (tertiary/aromatic N) is 1. The van der Waals surface area contributed by atoms with Crippen LogP contribution >= 0.6 is 11.6 Å². The van der Waals surface area contributed by atoms with Crippen LogP contribution in [0.25, 0.3) is 11.4 Å². The van der Waals surface area contributed by atoms with Gasteiger partial charge in [-0.05, 0) is 25.1 Å². The predicted octanol–water partition coefficient (Wildman–Crippen LogP) is 2.58. The fraction of sp³-hybridized carbons (Fsp3) is 0.308. The maximum absolute atomic E-state index is 8.94. The number of rotatable bonds is 4. The predicted molar refractivity (Wildman–Crippen MR) is 71.1 cm³/mol. The van der Waals surface area contributed by atoms with Crippen LogP contribution in [-0.2, 0) is 6.42 Å². The number of halogens is 1. The largest absolute Gasteiger partial charge is 0.495 e. The number of imidazole rings is 1. The molecule has 18 heavy (non-hydrogen) atoms. The lowest BCUT2D eigenvalue weighted by Gasteiger charge is -2.04. The molecule has 0 saturated carbocycles. The number of hydrogen-bond acceptors (Lipinski definition) is 3. The van der Waals surface area contributed by atoms with E-state index in [0.29, 0.717) is 17.2 Å². The van der Waals surface area contributed by atoms with Crippen LogP contribution in [0.1, 0.15) is 11.4 Å². The molecule has 0 bridgehead atoms. The Morgan fingerprint density at radius 2 is 2.22 bits per heavy atom. The van der Waals surface area contributed by atoms with Crippen LogP contribution in [0.15, 0.2) is 18.2 Å². The van der Waals surface area contributed by atoms with Crippen molar-refractivity contribution in [1.82, 2.24) is 9.97 Å². The zero-order valence-corrected chi connectivity index (χ0v) is 11.1. The molecule has 0 fully saturated rings. The van der Waals surface area contributed by atoms with E-state index < -0.39 is 0 Å². The summed E-state index contributed by atoms with van der Waals surface area (Å²) >= 11 is 6.08. The topological polar surface area (TPSA) is 58.1 Å². The van der Waals surface area contributed by atoms with Gasteiger partial charge in [0.2, 0.25) is 0 Å². The lowest BCUT2D eigenvalue weighted by Crippen LogP contribution is -1.92. The van der Waals surface area contributed by atoms with Crippen molar-refractivity contribution in [3.05, 3.63) is 34.6 Å². The highest BCUT2D eigenvalue weighted by atomic mass is 35.5. The number of aliphatic hydroxyl groups excluding tert-OH is 1. The Labute approximate surface area is 111 Å². The first kappa shape index (κ1) is 12.9. The molecule has 0 radical (unpaired) electrons. The highest BCUT2D eigenvalue weighted by molar-refractivity contribution is 6.32. The summed E-state index contributed by atoms with van der Waals surface area (Å²) in [7, 11) is 1.58. The molecule has 96 valence electrons. The van der Waals surface area contributed by atoms with Crippen molar-refractivity contribution in [3.63, 3.8) is 0 Å². The van der Waals surface area contributed by atoms with Crippen molar-refractivity contribution in [2.45, 2.75) is 13.3 Å². The van der Waals surface area contributed by atoms with Gasteiger partial charge in [-0.1, -0.05) is 11.6 Å². The number of aryl methyl sites for hydroxylation is 1. The molecule has 2 aromatic rings. The van der Waals surface area contributed by atoms with Crippen molar-refractivity contribution < 1.29 is 9.84 Å². The van der Waals surface area contributed by atoms with Gasteiger partial charge in [0.05, 0.1) is 17.8 Å². The van der Waals surface area contributed by atoms with Gasteiger partial charge in [0, 0.05) is 24.3 Å². The molecule has 2 N–H and O–H groups in total. The number of hydrogen-bond donors (Lipinski definition) is 2. The van der Waals surface area contributed by atoms with Gasteiger partial charge < -0.3 is 14.8 Å². The van der Waals surface area contributed by atoms with E-state index in [4.69, 9.17) is 21.4 Å². The number of nitrogens with one attached hydrogen (secondary N) is 1. The Morgan fingerprint density at radius 3 is 2.83 bits per heavy atom. The third-order valence-corrected chi connectivity index (χ3v) is 3.05. The molecular weight excluding hydrogens is 252 g/mol. The van der Waals surface area contributed by atoms with Crippen LogP contribution in [0.4, 0.5) is 0 Å². The quantitative estimate of drug-likeness (QED) is 0.894. The van der Waals surface area contributed by atoms with Gasteiger partial charge in [0.25, 0.3) is 0 Å². The van der Waals surface area contributed by atoms with Gasteiger partial charge in [-0.3, -0.25) is 0 Å². The fourth-order valence-corrected chi connectivity index (χ4v) is 2.05. The van der Waals surface area contributed by atoms with Gasteiger partial charge in [0.15, 0.2) is 0 Å². The van der Waals surface area contributed by atoms with E-state index in [9.17, 15) is 0 Å². The molecule has 0 spiro atoms. The van der Waals surface area contributed by atoms with Gasteiger partial charge in [-0.15, -0.1) is 0 Å². The molecule has 1 aromatic carbocycles. The van der Waals surface area contributed by atoms with Gasteiger partial charge in [-0.25, -0.2) is 4.98 Å². The number of ether oxygens (including phenoxy) is 1. The summed E-state index contributed by atoms with van der Waals surface area (Å²) in [5, 5.41) is 9.49. The summed E-state index contributed by atoms with van der Waals surface area (Å²) in [6.07, 6.45) is 0.548. The summed E-state index contributed by atoms with van der Waals surface area (Å²) in [5.74, 6) is 1.39. The number of aromatic amines is 1. The van der Waals surface area contributed by atoms with Crippen LogP contribution in [0.3, 0.4) is 0 Å². The number of methoxy groups -OCH3 is 1. The summed E-state index contributed by atoms with van der Waals surface area (Å²) in [6.45, 7) is 2.03. The van der Waals surface area contributed by atoms with E-state index in [1.807, 2.05) is 13.0 Å². The SMILES string of the molecule is COc1ccc(-c2nc(CCO)c(C)[nH]2)cc1Cl. The Balaban J connectivity index is 2.36. The molecule has 1 heterocycles. The second-order valence-corrected chi connectivity index (χ2v) is 4.39. The zero-order chi connectivity index (χ0) is 13.1. The molecule has 0 atom stereocenters. The number of H-pyrrole nitrogens is 1. The lowest BCUT2D eigenvalue weighted by molar-refractivity contribution is 0.298. The molecule has 2 rings (SSSR count). The minimum atomic E-state index is 0.0918. The molecule has 0 aliphatic rings. The van der Waals surface area contributed by atoms with Crippen LogP contribution in [0.2, 0.25) is 5.02 Å². The third kappa shape index (κ3) is 2.49. The van der Waals surface area contributed by atoms with E-state index in [1.165, 1.54) is 0 Å². The molecular formula is C13H15ClN2O2. The Morgan fingerprint density at radius 1 is 1.44 bits per heavy atom. The van der Waals surface area contributed by atoms with Crippen molar-refractivity contribution in [1.29, 1.82) is 0 Å². The van der Waals surface area contributed by atoms with E-state index in [-0.39, 0.29) is 6.61 Å². The Bertz CT molecular complexity index is 552. The van der Waals surface area contributed by atoms with Crippen molar-refractivity contribution in [2.24, 2.45) is 0 Å². The summed E-state index contributed by atoms with van der Waals surface area (Å²) < 4.78 is 5.11. The monoisotopic (exact) mass is 266 g/mol. The molecule has 4 nitrogen and oxygen atoms in total. The third-order valence-electron chi connectivity index (χ3n) is 2.76. The Hall–Kier alpha value is -1.52. The van der Waals surface area contributed by atoms with Gasteiger partial charge in [0.1, 0.15) is 11.6 Å². The first-order chi connectivity index (χ1) is 8.65. The summed E-state index contributed by atoms with van der Waals surface area (Å²) in [6, 6.07) is 5.51. The maximum Gasteiger partial charge on any atom is 0.137 e. The highest BCUT2D eigenvalue weighted by Crippen LogP contribution is 2.29. The minimum absolute atomic E-state index is 0.0918. The maximum atomic E-state index is 8.94. The molecule has 0 amide bonds. The van der Waals surface area contributed by atoms with Crippen LogP contribution in [-0.4, -0.2) is 28.8 Å². The van der Waals surface area contributed by atoms with E-state index in [2.05, 4.69) is 9.97 Å². The molecule has 0 unspecified atom stereocenters. The van der Waals surface area contributed by atoms with Gasteiger partial charge >= 0.3 is 0 Å². The fourth-order valence-electron chi connectivity index (χ4n) is 1.80. The van der Waals surface area contributed by atoms with E-state index in [0.717, 1.165) is 22.8 Å². The smallest absolute Gasteiger partial charge is 0.137 e. The first-order valence-electron chi connectivity index (χ1n) is 5.66. The van der Waals surface area contributed by atoms with Crippen molar-refractivity contribution in [3.8, 4) is 17.1 Å². The molecule has 0 aliphatic carbocycles. The molecule has 5 heteroatoms. The summed E-state index contributed by atoms with van der Waals surface area (Å²) in [4.78, 5) is 7.64. The number of benzene rings is 1. The van der Waals surface area contributed by atoms with Crippen molar-refractivity contribution >= 4 is 11.6 Å². The van der Waals surface area contributed by atoms with Crippen LogP contribution in [0, 0.1) is 6.92 Å². The second-order valence-electron chi connectivity index (χ2n) is 3.98. The second kappa shape index (κ2) is 5.42. The number of aromatic nitrogens is 2. The van der Waals surface area contributed by atoms with Crippen LogP contribution < -0.4 is 4.74 Å². The molecule has 0 aliphatic heterocycles. The summed E-state index contributed by atoms with van der Waals surface area (Å²) in [5.41, 5.74) is 2.73. The van der Waals surface area contributed by atoms with Crippen molar-refractivity contribution in [2.75, 3.05) is 13.7 Å². The van der Waals surface area contributed by atoms with E-state index in [1.54, 1.807) is 19.2 Å². The zero-order valence-electron chi connectivity index (χ0n) is 10.3. The normalized spacial score (nSPS) is 10.7. The first-order valence-corrected chi connectivity index (χ1v) is 6.03. The minimum Gasteiger partial charge on any atom is -0.495 e. The molecule has 1 aromatic heterocycles.